The summed E-state index contributed by atoms with van der Waals surface area (Å²) in [5, 5.41) is 9.27. The van der Waals surface area contributed by atoms with Gasteiger partial charge in [0.05, 0.1) is 0 Å². The lowest BCUT2D eigenvalue weighted by Gasteiger charge is -2.23. The molecular weight excluding hydrogens is 459 g/mol. The first-order valence-corrected chi connectivity index (χ1v) is 7.64. The first-order chi connectivity index (χ1) is 9.81. The van der Waals surface area contributed by atoms with Crippen molar-refractivity contribution in [3.8, 4) is 0 Å². The van der Waals surface area contributed by atoms with Crippen LogP contribution in [-0.2, 0) is 0 Å². The third-order valence-electron chi connectivity index (χ3n) is 2.53. The van der Waals surface area contributed by atoms with E-state index >= 15 is 0 Å². The molecule has 0 heterocycles. The molecule has 0 aliphatic heterocycles. The zero-order valence-electron chi connectivity index (χ0n) is 13.4. The van der Waals surface area contributed by atoms with Crippen molar-refractivity contribution in [2.45, 2.75) is 26.3 Å². The summed E-state index contributed by atoms with van der Waals surface area (Å²) in [6, 6.07) is 7.27. The number of hydrogen-bond acceptors (Lipinski definition) is 2. The fourth-order valence-corrected chi connectivity index (χ4v) is 1.86. The fourth-order valence-electron chi connectivity index (χ4n) is 1.59. The van der Waals surface area contributed by atoms with E-state index in [4.69, 9.17) is 0 Å². The lowest BCUT2D eigenvalue weighted by Crippen LogP contribution is -2.49. The first-order valence-electron chi connectivity index (χ1n) is 6.84. The normalized spacial score (nSPS) is 11.4. The minimum Gasteiger partial charge on any atom is -0.355 e. The molecule has 5 nitrogen and oxygen atoms in total. The Morgan fingerprint density at radius 2 is 1.68 bits per heavy atom. The van der Waals surface area contributed by atoms with E-state index in [9.17, 15) is 4.79 Å². The van der Waals surface area contributed by atoms with Gasteiger partial charge < -0.3 is 16.0 Å². The number of aliphatic imine (C=N–C) groups is 1. The average Bonchev–Trinajstić information content (AvgIpc) is 2.41. The fraction of sp³-hybridized carbons (Fsp3) is 0.467. The predicted molar refractivity (Wildman–Crippen MR) is 106 cm³/mol. The summed E-state index contributed by atoms with van der Waals surface area (Å²) < 4.78 is 0.956. The highest BCUT2D eigenvalue weighted by molar-refractivity contribution is 14.0. The zero-order valence-corrected chi connectivity index (χ0v) is 17.3. The molecule has 22 heavy (non-hydrogen) atoms. The maximum absolute atomic E-state index is 11.9. The smallest absolute Gasteiger partial charge is 0.251 e. The van der Waals surface area contributed by atoms with Crippen LogP contribution in [0.2, 0.25) is 0 Å². The Kier molecular flexibility index (Phi) is 9.66. The van der Waals surface area contributed by atoms with Gasteiger partial charge in [-0.05, 0) is 45.0 Å². The number of halogens is 2. The first kappa shape index (κ1) is 21.2. The molecule has 0 aliphatic carbocycles. The van der Waals surface area contributed by atoms with Crippen molar-refractivity contribution in [2.24, 2.45) is 4.99 Å². The number of nitrogens with zero attached hydrogens (tertiary/aromatic N) is 1. The Labute approximate surface area is 157 Å². The lowest BCUT2D eigenvalue weighted by molar-refractivity contribution is 0.0954. The van der Waals surface area contributed by atoms with Crippen LogP contribution in [0.25, 0.3) is 0 Å². The summed E-state index contributed by atoms with van der Waals surface area (Å²) in [6.07, 6.45) is 0. The van der Waals surface area contributed by atoms with Crippen molar-refractivity contribution < 1.29 is 4.79 Å². The molecule has 3 N–H and O–H groups in total. The van der Waals surface area contributed by atoms with E-state index in [1.165, 1.54) is 0 Å². The topological polar surface area (TPSA) is 65.5 Å². The molecule has 0 saturated carbocycles. The molecule has 1 rings (SSSR count). The summed E-state index contributed by atoms with van der Waals surface area (Å²) in [5.41, 5.74) is 0.595. The quantitative estimate of drug-likeness (QED) is 0.267. The van der Waals surface area contributed by atoms with Gasteiger partial charge in [-0.2, -0.15) is 0 Å². The van der Waals surface area contributed by atoms with Crippen LogP contribution in [-0.4, -0.2) is 37.5 Å². The molecule has 0 fully saturated rings. The van der Waals surface area contributed by atoms with Gasteiger partial charge in [0.1, 0.15) is 0 Å². The second-order valence-corrected chi connectivity index (χ2v) is 6.55. The predicted octanol–water partition coefficient (Wildman–Crippen LogP) is 2.76. The van der Waals surface area contributed by atoms with Gasteiger partial charge in [0, 0.05) is 35.7 Å². The SMILES string of the molecule is CN=C(NCCNC(=O)c1ccc(Br)cc1)NC(C)(C)C.I. The van der Waals surface area contributed by atoms with E-state index in [1.54, 1.807) is 19.2 Å². The van der Waals surface area contributed by atoms with E-state index in [0.29, 0.717) is 18.7 Å². The highest BCUT2D eigenvalue weighted by Crippen LogP contribution is 2.10. The van der Waals surface area contributed by atoms with E-state index in [0.717, 1.165) is 10.4 Å². The minimum atomic E-state index is -0.0805. The molecule has 1 aromatic carbocycles. The molecule has 0 unspecified atom stereocenters. The number of carbonyl (C=O) groups is 1. The molecule has 7 heteroatoms. The molecule has 1 amide bonds. The van der Waals surface area contributed by atoms with E-state index in [-0.39, 0.29) is 35.4 Å². The Morgan fingerprint density at radius 3 is 2.18 bits per heavy atom. The minimum absolute atomic E-state index is 0. The molecule has 0 bridgehead atoms. The molecule has 0 atom stereocenters. The Balaban J connectivity index is 0.00000441. The molecule has 0 radical (unpaired) electrons. The monoisotopic (exact) mass is 482 g/mol. The van der Waals surface area contributed by atoms with Gasteiger partial charge in [-0.1, -0.05) is 15.9 Å². The van der Waals surface area contributed by atoms with E-state index in [2.05, 4.69) is 57.6 Å². The summed E-state index contributed by atoms with van der Waals surface area (Å²) in [4.78, 5) is 16.0. The van der Waals surface area contributed by atoms with Crippen LogP contribution in [0.15, 0.2) is 33.7 Å². The van der Waals surface area contributed by atoms with Crippen molar-refractivity contribution in [3.63, 3.8) is 0 Å². The molecular formula is C15H24BrIN4O. The molecule has 0 aromatic heterocycles. The highest BCUT2D eigenvalue weighted by atomic mass is 127. The van der Waals surface area contributed by atoms with Crippen LogP contribution in [0.1, 0.15) is 31.1 Å². The van der Waals surface area contributed by atoms with Gasteiger partial charge >= 0.3 is 0 Å². The van der Waals surface area contributed by atoms with Crippen molar-refractivity contribution in [2.75, 3.05) is 20.1 Å². The number of guanidine groups is 1. The van der Waals surface area contributed by atoms with Crippen LogP contribution in [0.3, 0.4) is 0 Å². The summed E-state index contributed by atoms with van der Waals surface area (Å²) in [6.45, 7) is 7.33. The Hall–Kier alpha value is -0.830. The van der Waals surface area contributed by atoms with Crippen LogP contribution in [0.5, 0.6) is 0 Å². The molecule has 1 aromatic rings. The number of rotatable bonds is 4. The molecule has 0 aliphatic rings. The van der Waals surface area contributed by atoms with E-state index in [1.807, 2.05) is 12.1 Å². The second-order valence-electron chi connectivity index (χ2n) is 5.64. The van der Waals surface area contributed by atoms with Crippen LogP contribution in [0, 0.1) is 0 Å². The van der Waals surface area contributed by atoms with Gasteiger partial charge in [0.15, 0.2) is 5.96 Å². The standard InChI is InChI=1S/C15H23BrN4O.HI/c1-15(2,3)20-14(17-4)19-10-9-18-13(21)11-5-7-12(16)8-6-11;/h5-8H,9-10H2,1-4H3,(H,18,21)(H2,17,19,20);1H. The van der Waals surface area contributed by atoms with Gasteiger partial charge in [-0.25, -0.2) is 0 Å². The Morgan fingerprint density at radius 1 is 1.14 bits per heavy atom. The van der Waals surface area contributed by atoms with Crippen molar-refractivity contribution in [1.29, 1.82) is 0 Å². The van der Waals surface area contributed by atoms with Crippen molar-refractivity contribution >= 4 is 51.8 Å². The van der Waals surface area contributed by atoms with Crippen molar-refractivity contribution in [1.82, 2.24) is 16.0 Å². The number of carbonyl (C=O) groups excluding carboxylic acids is 1. The third kappa shape index (κ3) is 8.57. The summed E-state index contributed by atoms with van der Waals surface area (Å²) in [5.74, 6) is 0.642. The molecule has 0 spiro atoms. The van der Waals surface area contributed by atoms with Crippen molar-refractivity contribution in [3.05, 3.63) is 34.3 Å². The van der Waals surface area contributed by atoms with Crippen LogP contribution >= 0.6 is 39.9 Å². The van der Waals surface area contributed by atoms with E-state index < -0.39 is 0 Å². The second kappa shape index (κ2) is 10.0. The number of hydrogen-bond donors (Lipinski definition) is 3. The van der Waals surface area contributed by atoms with Gasteiger partial charge in [-0.15, -0.1) is 24.0 Å². The van der Waals surface area contributed by atoms with Gasteiger partial charge in [0.25, 0.3) is 5.91 Å². The third-order valence-corrected chi connectivity index (χ3v) is 3.06. The van der Waals surface area contributed by atoms with Gasteiger partial charge in [-0.3, -0.25) is 9.79 Å². The van der Waals surface area contributed by atoms with Crippen LogP contribution < -0.4 is 16.0 Å². The highest BCUT2D eigenvalue weighted by Gasteiger charge is 2.11. The molecule has 124 valence electrons. The molecule has 0 saturated heterocycles. The maximum atomic E-state index is 11.9. The average molecular weight is 483 g/mol. The largest absolute Gasteiger partial charge is 0.355 e. The lowest BCUT2D eigenvalue weighted by atomic mass is 10.1. The zero-order chi connectivity index (χ0) is 15.9. The Bertz CT molecular complexity index is 497. The number of amides is 1. The summed E-state index contributed by atoms with van der Waals surface area (Å²) in [7, 11) is 1.72. The maximum Gasteiger partial charge on any atom is 0.251 e. The number of benzene rings is 1. The number of nitrogens with one attached hydrogen (secondary N) is 3. The van der Waals surface area contributed by atoms with Gasteiger partial charge in [0.2, 0.25) is 0 Å². The summed E-state index contributed by atoms with van der Waals surface area (Å²) >= 11 is 3.34. The van der Waals surface area contributed by atoms with Crippen LogP contribution in [0.4, 0.5) is 0 Å².